The summed E-state index contributed by atoms with van der Waals surface area (Å²) in [4.78, 5) is 17.6. The van der Waals surface area contributed by atoms with Gasteiger partial charge in [0.05, 0.1) is 11.4 Å². The molecular formula is C17H15N5OS. The number of rotatable bonds is 3. The summed E-state index contributed by atoms with van der Waals surface area (Å²) in [5.41, 5.74) is 9.77. The zero-order chi connectivity index (χ0) is 17.3. The highest BCUT2D eigenvalue weighted by Crippen LogP contribution is 2.34. The number of thiophene rings is 1. The Morgan fingerprint density at radius 1 is 1.42 bits per heavy atom. The van der Waals surface area contributed by atoms with E-state index in [9.17, 15) is 4.79 Å². The summed E-state index contributed by atoms with van der Waals surface area (Å²) < 4.78 is 0. The van der Waals surface area contributed by atoms with Crippen molar-refractivity contribution in [3.63, 3.8) is 0 Å². The van der Waals surface area contributed by atoms with E-state index in [1.54, 1.807) is 18.3 Å². The van der Waals surface area contributed by atoms with E-state index in [2.05, 4.69) is 26.4 Å². The third-order valence-corrected chi connectivity index (χ3v) is 4.86. The number of nitrogens with two attached hydrogens (primary N) is 1. The average Bonchev–Trinajstić information content (AvgIpc) is 2.93. The largest absolute Gasteiger partial charge is 0.397 e. The smallest absolute Gasteiger partial charge is 0.263 e. The van der Waals surface area contributed by atoms with Crippen LogP contribution in [-0.2, 0) is 6.54 Å². The van der Waals surface area contributed by atoms with Crippen molar-refractivity contribution in [2.24, 2.45) is 0 Å². The second-order valence-electron chi connectivity index (χ2n) is 5.31. The Balaban J connectivity index is 1.85. The third-order valence-electron chi connectivity index (χ3n) is 3.77. The Labute approximate surface area is 143 Å². The predicted molar refractivity (Wildman–Crippen MR) is 94.6 cm³/mol. The van der Waals surface area contributed by atoms with Gasteiger partial charge in [0, 0.05) is 18.1 Å². The Morgan fingerprint density at radius 2 is 2.21 bits per heavy atom. The van der Waals surface area contributed by atoms with Crippen molar-refractivity contribution < 1.29 is 4.79 Å². The maximum absolute atomic E-state index is 12.5. The summed E-state index contributed by atoms with van der Waals surface area (Å²) in [5, 5.41) is 11.9. The van der Waals surface area contributed by atoms with Gasteiger partial charge in [-0.1, -0.05) is 5.92 Å². The van der Waals surface area contributed by atoms with Crippen LogP contribution in [0.1, 0.15) is 32.2 Å². The highest BCUT2D eigenvalue weighted by molar-refractivity contribution is 7.21. The number of nitrogens with one attached hydrogen (secondary N) is 1. The first kappa shape index (κ1) is 15.9. The van der Waals surface area contributed by atoms with E-state index in [-0.39, 0.29) is 5.91 Å². The normalized spacial score (nSPS) is 10.5. The van der Waals surface area contributed by atoms with Gasteiger partial charge in [-0.05, 0) is 37.1 Å². The first-order valence-corrected chi connectivity index (χ1v) is 8.04. The molecule has 0 aliphatic rings. The van der Waals surface area contributed by atoms with E-state index >= 15 is 0 Å². The van der Waals surface area contributed by atoms with Crippen LogP contribution in [0.15, 0.2) is 18.3 Å². The van der Waals surface area contributed by atoms with Gasteiger partial charge in [-0.2, -0.15) is 5.10 Å². The molecule has 1 amide bonds. The summed E-state index contributed by atoms with van der Waals surface area (Å²) in [6, 6.07) is 3.56. The molecule has 0 saturated heterocycles. The van der Waals surface area contributed by atoms with Crippen molar-refractivity contribution in [3.05, 3.63) is 45.7 Å². The molecule has 0 bridgehead atoms. The lowest BCUT2D eigenvalue weighted by atomic mass is 10.1. The number of carbonyl (C=O) groups is 1. The highest BCUT2D eigenvalue weighted by atomic mass is 32.1. The number of nitrogen functional groups attached to an aromatic ring is 1. The molecule has 6 nitrogen and oxygen atoms in total. The lowest BCUT2D eigenvalue weighted by Crippen LogP contribution is -2.22. The Hall–Kier alpha value is -2.98. The van der Waals surface area contributed by atoms with Crippen molar-refractivity contribution in [1.29, 1.82) is 0 Å². The fraction of sp³-hybridized carbons (Fsp3) is 0.176. The van der Waals surface area contributed by atoms with Gasteiger partial charge in [0.1, 0.15) is 15.4 Å². The number of hydrogen-bond acceptors (Lipinski definition) is 6. The van der Waals surface area contributed by atoms with Crippen LogP contribution >= 0.6 is 11.3 Å². The summed E-state index contributed by atoms with van der Waals surface area (Å²) in [6.07, 6.45) is 6.94. The Bertz CT molecular complexity index is 987. The number of nitrogens with zero attached hydrogens (tertiary/aromatic N) is 3. The monoisotopic (exact) mass is 337 g/mol. The van der Waals surface area contributed by atoms with Crippen molar-refractivity contribution in [2.45, 2.75) is 20.4 Å². The molecule has 3 aromatic heterocycles. The standard InChI is InChI=1S/C17H15N5OS/c1-4-12-7-11(5-6-19-12)8-20-16(23)15-14(18)13-9(2)10(3)21-22-17(13)24-15/h1,5-7H,8,18H2,2-3H3,(H,20,23). The molecular weight excluding hydrogens is 322 g/mol. The second kappa shape index (κ2) is 6.26. The van der Waals surface area contributed by atoms with Gasteiger partial charge in [0.2, 0.25) is 0 Å². The Kier molecular flexibility index (Phi) is 4.15. The van der Waals surface area contributed by atoms with Crippen molar-refractivity contribution in [1.82, 2.24) is 20.5 Å². The number of amides is 1. The maximum Gasteiger partial charge on any atom is 0.263 e. The van der Waals surface area contributed by atoms with E-state index in [1.807, 2.05) is 13.8 Å². The van der Waals surface area contributed by atoms with Crippen LogP contribution in [0, 0.1) is 26.2 Å². The molecule has 0 atom stereocenters. The van der Waals surface area contributed by atoms with Gasteiger partial charge >= 0.3 is 0 Å². The van der Waals surface area contributed by atoms with Gasteiger partial charge in [0.15, 0.2) is 0 Å². The minimum absolute atomic E-state index is 0.244. The lowest BCUT2D eigenvalue weighted by molar-refractivity contribution is 0.0956. The highest BCUT2D eigenvalue weighted by Gasteiger charge is 2.19. The molecule has 7 heteroatoms. The van der Waals surface area contributed by atoms with Gasteiger partial charge in [0.25, 0.3) is 5.91 Å². The molecule has 0 radical (unpaired) electrons. The molecule has 0 saturated carbocycles. The summed E-state index contributed by atoms with van der Waals surface area (Å²) in [6.45, 7) is 4.13. The number of hydrogen-bond donors (Lipinski definition) is 2. The molecule has 3 aromatic rings. The van der Waals surface area contributed by atoms with Gasteiger partial charge in [-0.15, -0.1) is 22.9 Å². The molecule has 3 rings (SSSR count). The maximum atomic E-state index is 12.5. The molecule has 120 valence electrons. The third kappa shape index (κ3) is 2.79. The molecule has 0 aromatic carbocycles. The van der Waals surface area contributed by atoms with Gasteiger partial charge in [-0.25, -0.2) is 4.98 Å². The minimum Gasteiger partial charge on any atom is -0.397 e. The van der Waals surface area contributed by atoms with Crippen LogP contribution < -0.4 is 11.1 Å². The van der Waals surface area contributed by atoms with Crippen LogP contribution in [0.3, 0.4) is 0 Å². The molecule has 3 N–H and O–H groups in total. The fourth-order valence-electron chi connectivity index (χ4n) is 2.34. The predicted octanol–water partition coefficient (Wildman–Crippen LogP) is 2.20. The summed E-state index contributed by atoms with van der Waals surface area (Å²) in [7, 11) is 0. The topological polar surface area (TPSA) is 93.8 Å². The van der Waals surface area contributed by atoms with Crippen LogP contribution in [-0.4, -0.2) is 21.1 Å². The average molecular weight is 337 g/mol. The fourth-order valence-corrected chi connectivity index (χ4v) is 3.35. The van der Waals surface area contributed by atoms with Gasteiger partial charge < -0.3 is 11.1 Å². The van der Waals surface area contributed by atoms with Crippen LogP contribution in [0.25, 0.3) is 10.2 Å². The van der Waals surface area contributed by atoms with Crippen molar-refractivity contribution in [2.75, 3.05) is 5.73 Å². The van der Waals surface area contributed by atoms with E-state index in [0.717, 1.165) is 22.2 Å². The summed E-state index contributed by atoms with van der Waals surface area (Å²) >= 11 is 1.24. The molecule has 0 fully saturated rings. The molecule has 0 aliphatic heterocycles. The number of terminal acetylenes is 1. The van der Waals surface area contributed by atoms with E-state index in [4.69, 9.17) is 12.2 Å². The summed E-state index contributed by atoms with van der Waals surface area (Å²) in [5.74, 6) is 2.22. The van der Waals surface area contributed by atoms with E-state index in [0.29, 0.717) is 27.6 Å². The van der Waals surface area contributed by atoms with Crippen molar-refractivity contribution in [3.8, 4) is 12.3 Å². The molecule has 24 heavy (non-hydrogen) atoms. The first-order chi connectivity index (χ1) is 11.5. The Morgan fingerprint density at radius 3 is 2.96 bits per heavy atom. The SMILES string of the molecule is C#Cc1cc(CNC(=O)c2sc3nnc(C)c(C)c3c2N)ccn1. The number of aryl methyl sites for hydroxylation is 2. The molecule has 0 aliphatic carbocycles. The van der Waals surface area contributed by atoms with Crippen LogP contribution in [0.4, 0.5) is 5.69 Å². The first-order valence-electron chi connectivity index (χ1n) is 7.23. The van der Waals surface area contributed by atoms with Crippen LogP contribution in [0.2, 0.25) is 0 Å². The molecule has 0 unspecified atom stereocenters. The second-order valence-corrected chi connectivity index (χ2v) is 6.31. The number of pyridine rings is 1. The molecule has 3 heterocycles. The van der Waals surface area contributed by atoms with E-state index in [1.165, 1.54) is 11.3 Å². The lowest BCUT2D eigenvalue weighted by Gasteiger charge is -2.05. The zero-order valence-electron chi connectivity index (χ0n) is 13.3. The number of fused-ring (bicyclic) bond motifs is 1. The minimum atomic E-state index is -0.244. The van der Waals surface area contributed by atoms with Gasteiger partial charge in [-0.3, -0.25) is 4.79 Å². The number of anilines is 1. The zero-order valence-corrected chi connectivity index (χ0v) is 14.1. The van der Waals surface area contributed by atoms with E-state index < -0.39 is 0 Å². The quantitative estimate of drug-likeness (QED) is 0.715. The number of carbonyl (C=O) groups excluding carboxylic acids is 1. The number of aromatic nitrogens is 3. The van der Waals surface area contributed by atoms with Crippen LogP contribution in [0.5, 0.6) is 0 Å². The van der Waals surface area contributed by atoms with Crippen molar-refractivity contribution >= 4 is 33.1 Å². The molecule has 0 spiro atoms.